The van der Waals surface area contributed by atoms with Crippen LogP contribution in [0.3, 0.4) is 0 Å². The monoisotopic (exact) mass is 242 g/mol. The SMILES string of the molecule is Cc1cc(NCCC(=O)N(C)C)nc(Cl)n1. The average Bonchev–Trinajstić information content (AvgIpc) is 2.15. The van der Waals surface area contributed by atoms with Crippen LogP contribution in [0.4, 0.5) is 5.82 Å². The van der Waals surface area contributed by atoms with Gasteiger partial charge in [0.25, 0.3) is 0 Å². The number of aromatic nitrogens is 2. The van der Waals surface area contributed by atoms with E-state index in [9.17, 15) is 4.79 Å². The summed E-state index contributed by atoms with van der Waals surface area (Å²) >= 11 is 5.70. The maximum atomic E-state index is 11.3. The van der Waals surface area contributed by atoms with Gasteiger partial charge in [-0.1, -0.05) is 0 Å². The van der Waals surface area contributed by atoms with E-state index in [0.29, 0.717) is 18.8 Å². The third-order valence-corrected chi connectivity index (χ3v) is 2.14. The van der Waals surface area contributed by atoms with Crippen LogP contribution in [0.25, 0.3) is 0 Å². The number of carbonyl (C=O) groups is 1. The molecule has 0 bridgehead atoms. The van der Waals surface area contributed by atoms with Crippen molar-refractivity contribution in [1.29, 1.82) is 0 Å². The fourth-order valence-electron chi connectivity index (χ4n) is 1.14. The zero-order valence-corrected chi connectivity index (χ0v) is 10.4. The second kappa shape index (κ2) is 5.65. The van der Waals surface area contributed by atoms with Crippen molar-refractivity contribution < 1.29 is 4.79 Å². The molecule has 5 nitrogen and oxygen atoms in total. The van der Waals surface area contributed by atoms with Crippen LogP contribution in [0.2, 0.25) is 5.28 Å². The number of halogens is 1. The van der Waals surface area contributed by atoms with E-state index in [4.69, 9.17) is 11.6 Å². The van der Waals surface area contributed by atoms with Crippen molar-refractivity contribution in [2.24, 2.45) is 0 Å². The van der Waals surface area contributed by atoms with E-state index in [0.717, 1.165) is 5.69 Å². The summed E-state index contributed by atoms with van der Waals surface area (Å²) in [6.07, 6.45) is 0.424. The first kappa shape index (κ1) is 12.7. The van der Waals surface area contributed by atoms with Crippen LogP contribution in [0.5, 0.6) is 0 Å². The van der Waals surface area contributed by atoms with Crippen molar-refractivity contribution >= 4 is 23.3 Å². The summed E-state index contributed by atoms with van der Waals surface area (Å²) in [7, 11) is 3.46. The highest BCUT2D eigenvalue weighted by Gasteiger charge is 2.04. The summed E-state index contributed by atoms with van der Waals surface area (Å²) in [4.78, 5) is 20.8. The van der Waals surface area contributed by atoms with Gasteiger partial charge in [-0.15, -0.1) is 0 Å². The molecule has 0 saturated carbocycles. The van der Waals surface area contributed by atoms with Gasteiger partial charge in [0.05, 0.1) is 0 Å². The quantitative estimate of drug-likeness (QED) is 0.810. The molecule has 1 N–H and O–H groups in total. The lowest BCUT2D eigenvalue weighted by Gasteiger charge is -2.10. The number of anilines is 1. The Hall–Kier alpha value is -1.36. The number of nitrogens with zero attached hydrogens (tertiary/aromatic N) is 3. The summed E-state index contributed by atoms with van der Waals surface area (Å²) < 4.78 is 0. The van der Waals surface area contributed by atoms with E-state index in [1.165, 1.54) is 0 Å². The Morgan fingerprint density at radius 2 is 2.19 bits per heavy atom. The molecule has 88 valence electrons. The summed E-state index contributed by atoms with van der Waals surface area (Å²) in [5.41, 5.74) is 0.793. The van der Waals surface area contributed by atoms with E-state index in [1.807, 2.05) is 6.92 Å². The van der Waals surface area contributed by atoms with Gasteiger partial charge in [-0.2, -0.15) is 0 Å². The van der Waals surface area contributed by atoms with E-state index < -0.39 is 0 Å². The Kier molecular flexibility index (Phi) is 4.49. The van der Waals surface area contributed by atoms with E-state index in [-0.39, 0.29) is 11.2 Å². The summed E-state index contributed by atoms with van der Waals surface area (Å²) in [5, 5.41) is 3.24. The topological polar surface area (TPSA) is 58.1 Å². The molecule has 0 aromatic carbocycles. The molecule has 0 spiro atoms. The number of amides is 1. The van der Waals surface area contributed by atoms with Crippen LogP contribution in [0, 0.1) is 6.92 Å². The number of carbonyl (C=O) groups excluding carboxylic acids is 1. The van der Waals surface area contributed by atoms with Gasteiger partial charge in [-0.05, 0) is 18.5 Å². The predicted octanol–water partition coefficient (Wildman–Crippen LogP) is 1.33. The highest BCUT2D eigenvalue weighted by Crippen LogP contribution is 2.09. The van der Waals surface area contributed by atoms with Crippen molar-refractivity contribution in [3.05, 3.63) is 17.0 Å². The molecular weight excluding hydrogens is 228 g/mol. The molecule has 0 aliphatic heterocycles. The number of nitrogens with one attached hydrogen (secondary N) is 1. The predicted molar refractivity (Wildman–Crippen MR) is 63.6 cm³/mol. The Labute approximate surface area is 99.8 Å². The summed E-state index contributed by atoms with van der Waals surface area (Å²) in [6.45, 7) is 2.37. The lowest BCUT2D eigenvalue weighted by atomic mass is 10.3. The molecule has 1 aromatic rings. The van der Waals surface area contributed by atoms with Gasteiger partial charge in [-0.25, -0.2) is 9.97 Å². The summed E-state index contributed by atoms with van der Waals surface area (Å²) in [5.74, 6) is 0.716. The third kappa shape index (κ3) is 4.02. The standard InChI is InChI=1S/C10H15ClN4O/c1-7-6-8(14-10(11)13-7)12-5-4-9(16)15(2)3/h6H,4-5H2,1-3H3,(H,12,13,14). The smallest absolute Gasteiger partial charge is 0.224 e. The molecule has 0 aliphatic carbocycles. The van der Waals surface area contributed by atoms with Gasteiger partial charge in [0.2, 0.25) is 11.2 Å². The number of hydrogen-bond acceptors (Lipinski definition) is 4. The molecule has 0 atom stereocenters. The van der Waals surface area contributed by atoms with Crippen LogP contribution in [-0.4, -0.2) is 41.4 Å². The lowest BCUT2D eigenvalue weighted by molar-refractivity contribution is -0.128. The number of rotatable bonds is 4. The maximum absolute atomic E-state index is 11.3. The molecule has 0 fully saturated rings. The largest absolute Gasteiger partial charge is 0.369 e. The van der Waals surface area contributed by atoms with Crippen LogP contribution in [0.15, 0.2) is 6.07 Å². The van der Waals surface area contributed by atoms with Crippen LogP contribution < -0.4 is 5.32 Å². The van der Waals surface area contributed by atoms with Gasteiger partial charge >= 0.3 is 0 Å². The fourth-order valence-corrected chi connectivity index (χ4v) is 1.37. The minimum absolute atomic E-state index is 0.0735. The van der Waals surface area contributed by atoms with E-state index in [1.54, 1.807) is 25.1 Å². The van der Waals surface area contributed by atoms with Gasteiger partial charge in [0, 0.05) is 38.8 Å². The van der Waals surface area contributed by atoms with Crippen LogP contribution in [0.1, 0.15) is 12.1 Å². The molecule has 6 heteroatoms. The van der Waals surface area contributed by atoms with Gasteiger partial charge in [0.1, 0.15) is 5.82 Å². The molecule has 0 saturated heterocycles. The second-order valence-electron chi connectivity index (χ2n) is 3.63. The Morgan fingerprint density at radius 1 is 1.50 bits per heavy atom. The van der Waals surface area contributed by atoms with Gasteiger partial charge in [-0.3, -0.25) is 4.79 Å². The second-order valence-corrected chi connectivity index (χ2v) is 3.97. The first-order valence-electron chi connectivity index (χ1n) is 4.94. The average molecular weight is 243 g/mol. The molecule has 16 heavy (non-hydrogen) atoms. The zero-order chi connectivity index (χ0) is 12.1. The highest BCUT2D eigenvalue weighted by atomic mass is 35.5. The fraction of sp³-hybridized carbons (Fsp3) is 0.500. The van der Waals surface area contributed by atoms with Crippen LogP contribution >= 0.6 is 11.6 Å². The Balaban J connectivity index is 2.46. The molecule has 1 heterocycles. The Bertz CT molecular complexity index is 361. The van der Waals surface area contributed by atoms with Crippen molar-refractivity contribution in [1.82, 2.24) is 14.9 Å². The Morgan fingerprint density at radius 3 is 2.75 bits per heavy atom. The van der Waals surface area contributed by atoms with Gasteiger partial charge < -0.3 is 10.2 Å². The first-order chi connectivity index (χ1) is 7.49. The van der Waals surface area contributed by atoms with E-state index >= 15 is 0 Å². The maximum Gasteiger partial charge on any atom is 0.224 e. The molecule has 1 amide bonds. The van der Waals surface area contributed by atoms with Gasteiger partial charge in [0.15, 0.2) is 0 Å². The van der Waals surface area contributed by atoms with Crippen LogP contribution in [-0.2, 0) is 4.79 Å². The highest BCUT2D eigenvalue weighted by molar-refractivity contribution is 6.28. The summed E-state index contributed by atoms with van der Waals surface area (Å²) in [6, 6.07) is 1.78. The minimum Gasteiger partial charge on any atom is -0.369 e. The first-order valence-corrected chi connectivity index (χ1v) is 5.32. The zero-order valence-electron chi connectivity index (χ0n) is 9.62. The molecule has 1 rings (SSSR count). The number of aryl methyl sites for hydroxylation is 1. The van der Waals surface area contributed by atoms with Crippen molar-refractivity contribution in [2.45, 2.75) is 13.3 Å². The third-order valence-electron chi connectivity index (χ3n) is 1.97. The molecule has 0 aliphatic rings. The lowest BCUT2D eigenvalue weighted by Crippen LogP contribution is -2.24. The molecule has 1 aromatic heterocycles. The molecule has 0 radical (unpaired) electrons. The minimum atomic E-state index is 0.0735. The van der Waals surface area contributed by atoms with E-state index in [2.05, 4.69) is 15.3 Å². The number of hydrogen-bond donors (Lipinski definition) is 1. The molecule has 0 unspecified atom stereocenters. The van der Waals surface area contributed by atoms with Crippen molar-refractivity contribution in [2.75, 3.05) is 26.0 Å². The normalized spacial score (nSPS) is 10.0. The van der Waals surface area contributed by atoms with Crippen molar-refractivity contribution in [3.63, 3.8) is 0 Å². The van der Waals surface area contributed by atoms with Crippen molar-refractivity contribution in [3.8, 4) is 0 Å². The molecular formula is C10H15ClN4O.